The Hall–Kier alpha value is -2.60. The highest BCUT2D eigenvalue weighted by atomic mass is 16.3. The molecule has 0 bridgehead atoms. The predicted octanol–water partition coefficient (Wildman–Crippen LogP) is 2.31. The lowest BCUT2D eigenvalue weighted by Gasteiger charge is -2.26. The molecular formula is C20H25N3O3. The van der Waals surface area contributed by atoms with Crippen LogP contribution in [0.25, 0.3) is 0 Å². The Morgan fingerprint density at radius 2 is 1.69 bits per heavy atom. The van der Waals surface area contributed by atoms with Crippen LogP contribution in [0.4, 0.5) is 0 Å². The number of hydrogen-bond donors (Lipinski definition) is 2. The van der Waals surface area contributed by atoms with Crippen molar-refractivity contribution in [1.29, 1.82) is 0 Å². The number of carbonyl (C=O) groups is 2. The Morgan fingerprint density at radius 3 is 2.38 bits per heavy atom. The zero-order chi connectivity index (χ0) is 18.2. The molecule has 2 aromatic rings. The van der Waals surface area contributed by atoms with E-state index in [-0.39, 0.29) is 18.2 Å². The molecule has 1 fully saturated rings. The summed E-state index contributed by atoms with van der Waals surface area (Å²) in [5, 5.41) is 5.33. The summed E-state index contributed by atoms with van der Waals surface area (Å²) in [6.07, 6.45) is 5.35. The summed E-state index contributed by atoms with van der Waals surface area (Å²) in [5.74, 6) is -0.434. The highest BCUT2D eigenvalue weighted by Gasteiger charge is 2.11. The average molecular weight is 355 g/mol. The van der Waals surface area contributed by atoms with E-state index in [2.05, 4.69) is 27.7 Å². The van der Waals surface area contributed by atoms with Crippen molar-refractivity contribution < 1.29 is 14.0 Å². The summed E-state index contributed by atoms with van der Waals surface area (Å²) in [5.41, 5.74) is 2.34. The van der Waals surface area contributed by atoms with Gasteiger partial charge in [0.15, 0.2) is 5.76 Å². The van der Waals surface area contributed by atoms with Crippen molar-refractivity contribution in [3.05, 3.63) is 59.5 Å². The Labute approximate surface area is 153 Å². The van der Waals surface area contributed by atoms with Crippen LogP contribution in [0.5, 0.6) is 0 Å². The maximum absolute atomic E-state index is 11.9. The summed E-state index contributed by atoms with van der Waals surface area (Å²) in [7, 11) is 0. The lowest BCUT2D eigenvalue weighted by molar-refractivity contribution is -0.120. The van der Waals surface area contributed by atoms with E-state index in [1.165, 1.54) is 44.2 Å². The molecule has 0 spiro atoms. The Morgan fingerprint density at radius 1 is 0.962 bits per heavy atom. The molecule has 26 heavy (non-hydrogen) atoms. The number of rotatable bonds is 7. The average Bonchev–Trinajstić information content (AvgIpc) is 3.21. The molecule has 2 N–H and O–H groups in total. The molecule has 138 valence electrons. The van der Waals surface area contributed by atoms with Crippen molar-refractivity contribution in [2.45, 2.75) is 32.4 Å². The SMILES string of the molecule is O=C(CNC(=O)c1ccco1)NCc1ccc(CN2CCCCC2)cc1. The lowest BCUT2D eigenvalue weighted by atomic mass is 10.1. The molecule has 1 aromatic heterocycles. The second-order valence-electron chi connectivity index (χ2n) is 6.59. The lowest BCUT2D eigenvalue weighted by Crippen LogP contribution is -2.36. The van der Waals surface area contributed by atoms with Crippen LogP contribution in [0, 0.1) is 0 Å². The molecule has 1 saturated heterocycles. The minimum atomic E-state index is -0.396. The summed E-state index contributed by atoms with van der Waals surface area (Å²) in [6, 6.07) is 11.5. The zero-order valence-electron chi connectivity index (χ0n) is 14.9. The van der Waals surface area contributed by atoms with E-state index < -0.39 is 5.91 Å². The molecule has 1 aliphatic rings. The molecule has 0 unspecified atom stereocenters. The molecule has 6 heteroatoms. The maximum Gasteiger partial charge on any atom is 0.287 e. The van der Waals surface area contributed by atoms with Crippen molar-refractivity contribution in [3.63, 3.8) is 0 Å². The van der Waals surface area contributed by atoms with Crippen LogP contribution >= 0.6 is 0 Å². The number of likely N-dealkylation sites (tertiary alicyclic amines) is 1. The maximum atomic E-state index is 11.9. The molecule has 2 heterocycles. The van der Waals surface area contributed by atoms with Crippen LogP contribution in [0.2, 0.25) is 0 Å². The van der Waals surface area contributed by atoms with Gasteiger partial charge in [0.05, 0.1) is 12.8 Å². The fourth-order valence-electron chi connectivity index (χ4n) is 3.06. The third-order valence-corrected chi connectivity index (χ3v) is 4.52. The van der Waals surface area contributed by atoms with Crippen LogP contribution in [-0.2, 0) is 17.9 Å². The van der Waals surface area contributed by atoms with Gasteiger partial charge in [-0.15, -0.1) is 0 Å². The summed E-state index contributed by atoms with van der Waals surface area (Å²) < 4.78 is 4.98. The van der Waals surface area contributed by atoms with Gasteiger partial charge in [0, 0.05) is 13.1 Å². The zero-order valence-corrected chi connectivity index (χ0v) is 14.9. The highest BCUT2D eigenvalue weighted by molar-refractivity contribution is 5.94. The summed E-state index contributed by atoms with van der Waals surface area (Å²) in [6.45, 7) is 3.72. The molecule has 0 radical (unpaired) electrons. The largest absolute Gasteiger partial charge is 0.459 e. The number of amides is 2. The smallest absolute Gasteiger partial charge is 0.287 e. The molecule has 1 aromatic carbocycles. The molecule has 0 saturated carbocycles. The second-order valence-corrected chi connectivity index (χ2v) is 6.59. The van der Waals surface area contributed by atoms with E-state index in [9.17, 15) is 9.59 Å². The Kier molecular flexibility index (Phi) is 6.44. The first-order valence-electron chi connectivity index (χ1n) is 9.09. The third-order valence-electron chi connectivity index (χ3n) is 4.52. The van der Waals surface area contributed by atoms with Crippen molar-refractivity contribution in [2.75, 3.05) is 19.6 Å². The van der Waals surface area contributed by atoms with Crippen LogP contribution in [0.3, 0.4) is 0 Å². The molecule has 1 aliphatic heterocycles. The monoisotopic (exact) mass is 355 g/mol. The molecule has 2 amide bonds. The standard InChI is InChI=1S/C20H25N3O3/c24-19(14-22-20(25)18-5-4-12-26-18)21-13-16-6-8-17(9-7-16)15-23-10-2-1-3-11-23/h4-9,12H,1-3,10-11,13-15H2,(H,21,24)(H,22,25). The number of nitrogens with one attached hydrogen (secondary N) is 2. The number of benzene rings is 1. The minimum Gasteiger partial charge on any atom is -0.459 e. The molecule has 0 aliphatic carbocycles. The number of piperidine rings is 1. The van der Waals surface area contributed by atoms with Gasteiger partial charge in [0.1, 0.15) is 0 Å². The van der Waals surface area contributed by atoms with Crippen molar-refractivity contribution in [2.24, 2.45) is 0 Å². The van der Waals surface area contributed by atoms with Gasteiger partial charge in [-0.1, -0.05) is 30.7 Å². The quantitative estimate of drug-likeness (QED) is 0.799. The first-order valence-corrected chi connectivity index (χ1v) is 9.09. The third kappa shape index (κ3) is 5.46. The molecule has 0 atom stereocenters. The predicted molar refractivity (Wildman–Crippen MR) is 98.5 cm³/mol. The first-order chi connectivity index (χ1) is 12.7. The van der Waals surface area contributed by atoms with E-state index in [4.69, 9.17) is 4.42 Å². The van der Waals surface area contributed by atoms with E-state index in [1.54, 1.807) is 12.1 Å². The first kappa shape index (κ1) is 18.2. The second kappa shape index (κ2) is 9.20. The Bertz CT molecular complexity index is 704. The highest BCUT2D eigenvalue weighted by Crippen LogP contribution is 2.13. The van der Waals surface area contributed by atoms with Crippen molar-refractivity contribution in [3.8, 4) is 0 Å². The van der Waals surface area contributed by atoms with Gasteiger partial charge in [0.25, 0.3) is 5.91 Å². The van der Waals surface area contributed by atoms with Crippen LogP contribution in [0.1, 0.15) is 40.9 Å². The molecule has 6 nitrogen and oxygen atoms in total. The summed E-state index contributed by atoms with van der Waals surface area (Å²) in [4.78, 5) is 26.0. The van der Waals surface area contributed by atoms with E-state index in [1.807, 2.05) is 12.1 Å². The summed E-state index contributed by atoms with van der Waals surface area (Å²) >= 11 is 0. The molecule has 3 rings (SSSR count). The fourth-order valence-corrected chi connectivity index (χ4v) is 3.06. The van der Waals surface area contributed by atoms with Gasteiger partial charge < -0.3 is 15.1 Å². The van der Waals surface area contributed by atoms with Gasteiger partial charge >= 0.3 is 0 Å². The van der Waals surface area contributed by atoms with Crippen LogP contribution in [-0.4, -0.2) is 36.3 Å². The number of furan rings is 1. The van der Waals surface area contributed by atoms with E-state index >= 15 is 0 Å². The number of hydrogen-bond acceptors (Lipinski definition) is 4. The van der Waals surface area contributed by atoms with E-state index in [0.29, 0.717) is 6.54 Å². The van der Waals surface area contributed by atoms with Gasteiger partial charge in [0.2, 0.25) is 5.91 Å². The van der Waals surface area contributed by atoms with E-state index in [0.717, 1.165) is 12.1 Å². The Balaban J connectivity index is 1.38. The topological polar surface area (TPSA) is 74.6 Å². The van der Waals surface area contributed by atoms with Crippen molar-refractivity contribution >= 4 is 11.8 Å². The van der Waals surface area contributed by atoms with Gasteiger partial charge in [-0.05, 0) is 49.2 Å². The van der Waals surface area contributed by atoms with Crippen LogP contribution in [0.15, 0.2) is 47.1 Å². The van der Waals surface area contributed by atoms with Crippen LogP contribution < -0.4 is 10.6 Å². The number of carbonyl (C=O) groups excluding carboxylic acids is 2. The minimum absolute atomic E-state index is 0.0768. The van der Waals surface area contributed by atoms with Gasteiger partial charge in [-0.3, -0.25) is 14.5 Å². The fraction of sp³-hybridized carbons (Fsp3) is 0.400. The van der Waals surface area contributed by atoms with Gasteiger partial charge in [-0.2, -0.15) is 0 Å². The number of nitrogens with zero attached hydrogens (tertiary/aromatic N) is 1. The molecular weight excluding hydrogens is 330 g/mol. The normalized spacial score (nSPS) is 14.8. The van der Waals surface area contributed by atoms with Crippen molar-refractivity contribution in [1.82, 2.24) is 15.5 Å². The van der Waals surface area contributed by atoms with Gasteiger partial charge in [-0.25, -0.2) is 0 Å².